The molecule has 0 aliphatic heterocycles. The highest BCUT2D eigenvalue weighted by Gasteiger charge is 2.21. The molecule has 1 aliphatic carbocycles. The van der Waals surface area contributed by atoms with E-state index in [0.717, 1.165) is 24.4 Å². The predicted molar refractivity (Wildman–Crippen MR) is 70.0 cm³/mol. The lowest BCUT2D eigenvalue weighted by molar-refractivity contribution is 0.321. The summed E-state index contributed by atoms with van der Waals surface area (Å²) in [5.74, 6) is 2.03. The summed E-state index contributed by atoms with van der Waals surface area (Å²) >= 11 is 0. The van der Waals surface area contributed by atoms with Crippen molar-refractivity contribution < 1.29 is 4.42 Å². The van der Waals surface area contributed by atoms with E-state index < -0.39 is 0 Å². The van der Waals surface area contributed by atoms with E-state index in [1.807, 2.05) is 13.8 Å². The van der Waals surface area contributed by atoms with Gasteiger partial charge in [0.2, 0.25) is 0 Å². The summed E-state index contributed by atoms with van der Waals surface area (Å²) in [7, 11) is 0. The lowest BCUT2D eigenvalue weighted by Gasteiger charge is -2.29. The van der Waals surface area contributed by atoms with Crippen molar-refractivity contribution in [3.63, 3.8) is 0 Å². The lowest BCUT2D eigenvalue weighted by atomic mass is 9.91. The van der Waals surface area contributed by atoms with Crippen LogP contribution in [0.1, 0.15) is 55.7 Å². The summed E-state index contributed by atoms with van der Waals surface area (Å²) < 4.78 is 5.58. The zero-order chi connectivity index (χ0) is 12.4. The van der Waals surface area contributed by atoms with Crippen LogP contribution in [0.3, 0.4) is 0 Å². The second kappa shape index (κ2) is 5.23. The van der Waals surface area contributed by atoms with Gasteiger partial charge in [0.15, 0.2) is 0 Å². The lowest BCUT2D eigenvalue weighted by Crippen LogP contribution is -2.38. The maximum atomic E-state index is 5.92. The number of furan rings is 1. The molecule has 3 heteroatoms. The summed E-state index contributed by atoms with van der Waals surface area (Å²) in [6, 6.07) is 3.54. The van der Waals surface area contributed by atoms with Crippen molar-refractivity contribution in [3.8, 4) is 0 Å². The van der Waals surface area contributed by atoms with Crippen LogP contribution in [0, 0.1) is 13.8 Å². The molecule has 0 amide bonds. The number of rotatable bonds is 3. The smallest absolute Gasteiger partial charge is 0.105 e. The molecule has 1 heterocycles. The fourth-order valence-corrected chi connectivity index (χ4v) is 2.81. The van der Waals surface area contributed by atoms with Gasteiger partial charge >= 0.3 is 0 Å². The van der Waals surface area contributed by atoms with E-state index in [4.69, 9.17) is 10.2 Å². The van der Waals surface area contributed by atoms with Crippen LogP contribution >= 0.6 is 0 Å². The first kappa shape index (κ1) is 12.7. The topological polar surface area (TPSA) is 51.2 Å². The fraction of sp³-hybridized carbons (Fsp3) is 0.714. The number of aryl methyl sites for hydroxylation is 2. The highest BCUT2D eigenvalue weighted by atomic mass is 16.3. The van der Waals surface area contributed by atoms with Gasteiger partial charge < -0.3 is 15.5 Å². The van der Waals surface area contributed by atoms with E-state index in [9.17, 15) is 0 Å². The average Bonchev–Trinajstić information content (AvgIpc) is 2.61. The van der Waals surface area contributed by atoms with E-state index in [1.165, 1.54) is 18.4 Å². The van der Waals surface area contributed by atoms with Gasteiger partial charge in [0.05, 0.1) is 0 Å². The zero-order valence-corrected chi connectivity index (χ0v) is 11.1. The molecule has 1 aliphatic rings. The molecule has 1 atom stereocenters. The van der Waals surface area contributed by atoms with E-state index in [0.29, 0.717) is 18.1 Å². The van der Waals surface area contributed by atoms with Crippen LogP contribution in [-0.4, -0.2) is 12.1 Å². The second-order valence-corrected chi connectivity index (χ2v) is 5.37. The first-order valence-electron chi connectivity index (χ1n) is 6.65. The van der Waals surface area contributed by atoms with Gasteiger partial charge in [0.25, 0.3) is 0 Å². The summed E-state index contributed by atoms with van der Waals surface area (Å²) in [6.07, 6.45) is 4.68. The second-order valence-electron chi connectivity index (χ2n) is 5.37. The average molecular weight is 236 g/mol. The minimum atomic E-state index is 0.367. The molecule has 1 aromatic rings. The quantitative estimate of drug-likeness (QED) is 0.848. The van der Waals surface area contributed by atoms with Crippen molar-refractivity contribution in [2.45, 2.75) is 64.6 Å². The molecule has 0 spiro atoms. The van der Waals surface area contributed by atoms with Crippen LogP contribution in [0.5, 0.6) is 0 Å². The van der Waals surface area contributed by atoms with Gasteiger partial charge in [-0.25, -0.2) is 0 Å². The zero-order valence-electron chi connectivity index (χ0n) is 11.1. The monoisotopic (exact) mass is 236 g/mol. The van der Waals surface area contributed by atoms with Crippen LogP contribution in [-0.2, 0) is 0 Å². The van der Waals surface area contributed by atoms with Gasteiger partial charge in [-0.15, -0.1) is 0 Å². The highest BCUT2D eigenvalue weighted by Crippen LogP contribution is 2.24. The molecule has 0 bridgehead atoms. The van der Waals surface area contributed by atoms with Gasteiger partial charge in [-0.3, -0.25) is 0 Å². The van der Waals surface area contributed by atoms with Crippen LogP contribution in [0.4, 0.5) is 0 Å². The van der Waals surface area contributed by atoms with E-state index >= 15 is 0 Å². The predicted octanol–water partition coefficient (Wildman–Crippen LogP) is 2.82. The third kappa shape index (κ3) is 3.11. The maximum absolute atomic E-state index is 5.92. The van der Waals surface area contributed by atoms with Gasteiger partial charge in [-0.05, 0) is 52.5 Å². The van der Waals surface area contributed by atoms with Gasteiger partial charge in [0, 0.05) is 23.7 Å². The Hall–Kier alpha value is -0.800. The van der Waals surface area contributed by atoms with Crippen molar-refractivity contribution in [2.75, 3.05) is 0 Å². The van der Waals surface area contributed by atoms with Crippen LogP contribution in [0.2, 0.25) is 0 Å². The molecule has 17 heavy (non-hydrogen) atoms. The standard InChI is InChI=1S/C14H24N2O/c1-9-8-14(11(3)17-9)10(2)16-13-6-4-12(15)5-7-13/h8,10,12-13,16H,4-7,15H2,1-3H3. The largest absolute Gasteiger partial charge is 0.466 e. The van der Waals surface area contributed by atoms with Crippen LogP contribution < -0.4 is 11.1 Å². The molecular weight excluding hydrogens is 212 g/mol. The Morgan fingerprint density at radius 1 is 1.29 bits per heavy atom. The molecule has 0 aromatic carbocycles. The number of nitrogens with one attached hydrogen (secondary N) is 1. The Morgan fingerprint density at radius 2 is 1.94 bits per heavy atom. The molecule has 0 saturated heterocycles. The number of nitrogens with two attached hydrogens (primary N) is 1. The Kier molecular flexibility index (Phi) is 3.89. The molecule has 1 aromatic heterocycles. The molecule has 2 rings (SSSR count). The Bertz CT molecular complexity index is 364. The molecule has 1 saturated carbocycles. The first-order chi connectivity index (χ1) is 8.06. The molecule has 96 valence electrons. The fourth-order valence-electron chi connectivity index (χ4n) is 2.81. The number of hydrogen-bond donors (Lipinski definition) is 2. The maximum Gasteiger partial charge on any atom is 0.105 e. The van der Waals surface area contributed by atoms with Gasteiger partial charge in [-0.2, -0.15) is 0 Å². The van der Waals surface area contributed by atoms with Crippen molar-refractivity contribution in [1.29, 1.82) is 0 Å². The molecule has 1 fully saturated rings. The van der Waals surface area contributed by atoms with Crippen molar-refractivity contribution >= 4 is 0 Å². The van der Waals surface area contributed by atoms with E-state index in [2.05, 4.69) is 18.3 Å². The molecule has 0 radical (unpaired) electrons. The third-order valence-electron chi connectivity index (χ3n) is 3.80. The normalized spacial score (nSPS) is 27.1. The number of hydrogen-bond acceptors (Lipinski definition) is 3. The summed E-state index contributed by atoms with van der Waals surface area (Å²) in [6.45, 7) is 6.26. The van der Waals surface area contributed by atoms with Crippen molar-refractivity contribution in [3.05, 3.63) is 23.2 Å². The molecule has 3 N–H and O–H groups in total. The summed E-state index contributed by atoms with van der Waals surface area (Å²) in [5, 5.41) is 3.69. The Labute approximate surface area is 104 Å². The van der Waals surface area contributed by atoms with E-state index in [-0.39, 0.29) is 0 Å². The molecule has 3 nitrogen and oxygen atoms in total. The Morgan fingerprint density at radius 3 is 2.47 bits per heavy atom. The summed E-state index contributed by atoms with van der Waals surface area (Å²) in [4.78, 5) is 0. The van der Waals surface area contributed by atoms with Crippen molar-refractivity contribution in [2.24, 2.45) is 5.73 Å². The summed E-state index contributed by atoms with van der Waals surface area (Å²) in [5.41, 5.74) is 7.21. The van der Waals surface area contributed by atoms with E-state index in [1.54, 1.807) is 0 Å². The SMILES string of the molecule is Cc1cc(C(C)NC2CCC(N)CC2)c(C)o1. The molecule has 1 unspecified atom stereocenters. The Balaban J connectivity index is 1.93. The highest BCUT2D eigenvalue weighted by molar-refractivity contribution is 5.23. The minimum absolute atomic E-state index is 0.367. The van der Waals surface area contributed by atoms with Gasteiger partial charge in [0.1, 0.15) is 11.5 Å². The third-order valence-corrected chi connectivity index (χ3v) is 3.80. The van der Waals surface area contributed by atoms with Crippen molar-refractivity contribution in [1.82, 2.24) is 5.32 Å². The van der Waals surface area contributed by atoms with Crippen LogP contribution in [0.25, 0.3) is 0 Å². The first-order valence-corrected chi connectivity index (χ1v) is 6.65. The van der Waals surface area contributed by atoms with Crippen LogP contribution in [0.15, 0.2) is 10.5 Å². The minimum Gasteiger partial charge on any atom is -0.466 e. The molecular formula is C14H24N2O. The van der Waals surface area contributed by atoms with Gasteiger partial charge in [-0.1, -0.05) is 0 Å².